The number of carbonyl (C=O) groups excluding carboxylic acids is 8. The Kier molecular flexibility index (Phi) is 20.1. The first kappa shape index (κ1) is 46.1. The van der Waals surface area contributed by atoms with Crippen LogP contribution in [0.5, 0.6) is 0 Å². The van der Waals surface area contributed by atoms with Crippen molar-refractivity contribution in [3.05, 3.63) is 65.7 Å². The highest BCUT2D eigenvalue weighted by Crippen LogP contribution is 2.13. The van der Waals surface area contributed by atoms with Crippen molar-refractivity contribution in [1.29, 1.82) is 0 Å². The molecule has 0 unspecified atom stereocenters. The maximum Gasteiger partial charge on any atom is 0.312 e. The van der Waals surface area contributed by atoms with Crippen LogP contribution in [0.25, 0.3) is 0 Å². The van der Waals surface area contributed by atoms with E-state index in [0.717, 1.165) is 5.56 Å². The summed E-state index contributed by atoms with van der Waals surface area (Å²) in [6, 6.07) is 11.5. The van der Waals surface area contributed by atoms with Crippen LogP contribution in [0.2, 0.25) is 0 Å². The minimum Gasteiger partial charge on any atom is -0.461 e. The second kappa shape index (κ2) is 24.4. The van der Waals surface area contributed by atoms with Crippen molar-refractivity contribution in [2.24, 2.45) is 11.7 Å². The number of nitrogens with two attached hydrogens (primary N) is 1. The number of anilines is 1. The Morgan fingerprint density at radius 2 is 1.30 bits per heavy atom. The van der Waals surface area contributed by atoms with Gasteiger partial charge in [-0.25, -0.2) is 4.79 Å². The molecule has 2 aromatic rings. The summed E-state index contributed by atoms with van der Waals surface area (Å²) in [4.78, 5) is 100. The minimum absolute atomic E-state index is 0.0152. The first-order chi connectivity index (χ1) is 26.5. The summed E-state index contributed by atoms with van der Waals surface area (Å²) in [7, 11) is 0. The van der Waals surface area contributed by atoms with Gasteiger partial charge >= 0.3 is 12.0 Å². The number of carbonyl (C=O) groups is 8. The lowest BCUT2D eigenvalue weighted by Gasteiger charge is -2.26. The summed E-state index contributed by atoms with van der Waals surface area (Å²) in [5.41, 5.74) is 6.99. The lowest BCUT2D eigenvalue weighted by atomic mass is 10.0. The summed E-state index contributed by atoms with van der Waals surface area (Å²) < 4.78 is 4.98. The van der Waals surface area contributed by atoms with Crippen molar-refractivity contribution in [2.45, 2.75) is 84.7 Å². The lowest BCUT2D eigenvalue weighted by Crippen LogP contribution is -2.56. The topological polar surface area (TPSA) is 268 Å². The van der Waals surface area contributed by atoms with Crippen LogP contribution in [-0.2, 0) is 51.3 Å². The predicted octanol–water partition coefficient (Wildman–Crippen LogP) is -0.280. The maximum atomic E-state index is 13.5. The Balaban J connectivity index is 2.07. The van der Waals surface area contributed by atoms with E-state index in [4.69, 9.17) is 10.5 Å². The zero-order valence-corrected chi connectivity index (χ0v) is 32.5. The van der Waals surface area contributed by atoms with Gasteiger partial charge in [-0.2, -0.15) is 0 Å². The fraction of sp³-hybridized carbons (Fsp3) is 0.474. The Labute approximate surface area is 326 Å². The number of amides is 8. The van der Waals surface area contributed by atoms with Crippen LogP contribution < -0.4 is 48.3 Å². The molecular formula is C38H55N9O9. The molecule has 0 spiro atoms. The van der Waals surface area contributed by atoms with Crippen LogP contribution in [0.1, 0.15) is 58.6 Å². The largest absolute Gasteiger partial charge is 0.461 e. The van der Waals surface area contributed by atoms with Gasteiger partial charge in [0.25, 0.3) is 0 Å². The molecule has 0 aliphatic rings. The molecule has 56 heavy (non-hydrogen) atoms. The third-order valence-electron chi connectivity index (χ3n) is 8.01. The smallest absolute Gasteiger partial charge is 0.312 e. The number of rotatable bonds is 23. The normalized spacial score (nSPS) is 12.3. The molecule has 10 N–H and O–H groups in total. The van der Waals surface area contributed by atoms with Gasteiger partial charge in [0.05, 0.1) is 19.6 Å². The molecule has 18 nitrogen and oxygen atoms in total. The molecule has 0 heterocycles. The highest BCUT2D eigenvalue weighted by atomic mass is 16.5. The predicted molar refractivity (Wildman–Crippen MR) is 207 cm³/mol. The molecule has 0 aromatic heterocycles. The van der Waals surface area contributed by atoms with Crippen molar-refractivity contribution in [3.8, 4) is 0 Å². The van der Waals surface area contributed by atoms with E-state index in [1.54, 1.807) is 68.4 Å². The quantitative estimate of drug-likeness (QED) is 0.0526. The van der Waals surface area contributed by atoms with Crippen molar-refractivity contribution < 1.29 is 43.1 Å². The Bertz CT molecular complexity index is 1640. The Hall–Kier alpha value is -6.04. The van der Waals surface area contributed by atoms with Gasteiger partial charge in [-0.1, -0.05) is 70.2 Å². The van der Waals surface area contributed by atoms with E-state index in [9.17, 15) is 38.4 Å². The Morgan fingerprint density at radius 3 is 1.91 bits per heavy atom. The van der Waals surface area contributed by atoms with Gasteiger partial charge in [0, 0.05) is 31.6 Å². The zero-order valence-electron chi connectivity index (χ0n) is 32.5. The second-order valence-electron chi connectivity index (χ2n) is 13.6. The van der Waals surface area contributed by atoms with Crippen LogP contribution in [0.3, 0.4) is 0 Å². The first-order valence-corrected chi connectivity index (χ1v) is 18.3. The molecule has 8 amide bonds. The molecule has 18 heteroatoms. The highest BCUT2D eigenvalue weighted by Gasteiger charge is 2.29. The van der Waals surface area contributed by atoms with Crippen LogP contribution in [0.15, 0.2) is 54.6 Å². The van der Waals surface area contributed by atoms with E-state index >= 15 is 0 Å². The Morgan fingerprint density at radius 1 is 0.661 bits per heavy atom. The molecule has 0 aliphatic carbocycles. The third kappa shape index (κ3) is 18.8. The van der Waals surface area contributed by atoms with Gasteiger partial charge in [0.2, 0.25) is 35.4 Å². The number of hydrogen-bond acceptors (Lipinski definition) is 10. The molecule has 0 saturated heterocycles. The molecule has 306 valence electrons. The van der Waals surface area contributed by atoms with Gasteiger partial charge in [0.15, 0.2) is 0 Å². The molecule has 2 aromatic carbocycles. The number of benzene rings is 2. The highest BCUT2D eigenvalue weighted by molar-refractivity contribution is 5.99. The van der Waals surface area contributed by atoms with Crippen LogP contribution in [-0.4, -0.2) is 97.8 Å². The molecule has 3 atom stereocenters. The van der Waals surface area contributed by atoms with Crippen LogP contribution in [0.4, 0.5) is 10.5 Å². The zero-order chi connectivity index (χ0) is 41.6. The van der Waals surface area contributed by atoms with E-state index in [1.165, 1.54) is 6.92 Å². The minimum atomic E-state index is -1.12. The van der Waals surface area contributed by atoms with Crippen molar-refractivity contribution >= 4 is 53.1 Å². The molecule has 0 saturated carbocycles. The molecule has 2 rings (SSSR count). The summed E-state index contributed by atoms with van der Waals surface area (Å²) in [6.45, 7) is 7.73. The molecule has 0 aliphatic heterocycles. The van der Waals surface area contributed by atoms with Crippen molar-refractivity contribution in [1.82, 2.24) is 37.2 Å². The molecule has 0 fully saturated rings. The van der Waals surface area contributed by atoms with Gasteiger partial charge < -0.3 is 53.0 Å². The number of hydrogen-bond donors (Lipinski definition) is 9. The first-order valence-electron chi connectivity index (χ1n) is 18.3. The number of primary amides is 1. The van der Waals surface area contributed by atoms with E-state index in [1.807, 2.05) is 13.8 Å². The monoisotopic (exact) mass is 781 g/mol. The van der Waals surface area contributed by atoms with Crippen LogP contribution in [0, 0.1) is 5.92 Å². The van der Waals surface area contributed by atoms with Gasteiger partial charge in [-0.15, -0.1) is 0 Å². The number of nitrogens with one attached hydrogen (secondary N) is 8. The van der Waals surface area contributed by atoms with Crippen molar-refractivity contribution in [3.63, 3.8) is 0 Å². The van der Waals surface area contributed by atoms with Crippen LogP contribution >= 0.6 is 0 Å². The van der Waals surface area contributed by atoms with Gasteiger partial charge in [0.1, 0.15) is 24.7 Å². The second-order valence-corrected chi connectivity index (χ2v) is 13.6. The number of urea groups is 1. The lowest BCUT2D eigenvalue weighted by molar-refractivity contribution is -0.142. The number of esters is 1. The molecule has 0 radical (unpaired) electrons. The summed E-state index contributed by atoms with van der Waals surface area (Å²) in [6.07, 6.45) is 0.469. The van der Waals surface area contributed by atoms with E-state index in [0.29, 0.717) is 11.3 Å². The molecular weight excluding hydrogens is 726 g/mol. The summed E-state index contributed by atoms with van der Waals surface area (Å²) >= 11 is 0. The van der Waals surface area contributed by atoms with E-state index in [-0.39, 0.29) is 51.5 Å². The molecule has 0 bridgehead atoms. The third-order valence-corrected chi connectivity index (χ3v) is 8.01. The van der Waals surface area contributed by atoms with Gasteiger partial charge in [-0.3, -0.25) is 33.6 Å². The van der Waals surface area contributed by atoms with Crippen molar-refractivity contribution in [2.75, 3.05) is 31.5 Å². The van der Waals surface area contributed by atoms with Gasteiger partial charge in [-0.05, 0) is 42.0 Å². The average Bonchev–Trinajstić information content (AvgIpc) is 3.14. The standard InChI is InChI=1S/C38H55N9O9/c1-23(2)34(37(54)46-29(12-9-17-40-38(39)55)36(53)44-28-15-13-27(14-16-28)22-56-25(5)48)47-33(51)21-43-35(52)30(18-26-10-7-6-8-11-26)45-32(50)20-42-31(49)19-41-24(3)4/h6-8,10-11,13-16,23-24,29-30,34,41H,9,12,17-22H2,1-5H3,(H,42,49)(H,43,52)(H,44,53)(H,45,50)(H,46,54)(H,47,51)(H3,39,40,55)/t29-,30-,34-/m0/s1. The maximum absolute atomic E-state index is 13.5. The summed E-state index contributed by atoms with van der Waals surface area (Å²) in [5, 5.41) is 21.0. The fourth-order valence-corrected chi connectivity index (χ4v) is 5.04. The van der Waals surface area contributed by atoms with E-state index in [2.05, 4.69) is 42.5 Å². The summed E-state index contributed by atoms with van der Waals surface area (Å²) in [5.74, 6) is -4.50. The SMILES string of the molecule is CC(=O)OCc1ccc(NC(=O)[C@H](CCCNC(N)=O)NC(=O)[C@@H](NC(=O)CNC(=O)[C@H](Cc2ccccc2)NC(=O)CNC(=O)CNC(C)C)C(C)C)cc1. The fourth-order valence-electron chi connectivity index (χ4n) is 5.04. The average molecular weight is 782 g/mol. The van der Waals surface area contributed by atoms with E-state index < -0.39 is 78.0 Å². The number of ether oxygens (including phenoxy) is 1.